The van der Waals surface area contributed by atoms with Crippen LogP contribution < -0.4 is 0 Å². The van der Waals surface area contributed by atoms with E-state index in [-0.39, 0.29) is 11.8 Å². The van der Waals surface area contributed by atoms with Gasteiger partial charge in [0.05, 0.1) is 17.2 Å². The number of rotatable bonds is 7. The highest BCUT2D eigenvalue weighted by Gasteiger charge is 2.26. The van der Waals surface area contributed by atoms with Crippen molar-refractivity contribution in [3.8, 4) is 11.3 Å². The number of hydrogen-bond acceptors (Lipinski definition) is 6. The summed E-state index contributed by atoms with van der Waals surface area (Å²) >= 11 is 0. The van der Waals surface area contributed by atoms with E-state index in [4.69, 9.17) is 4.42 Å². The Bertz CT molecular complexity index is 731. The van der Waals surface area contributed by atoms with Crippen LogP contribution in [0, 0.1) is 16.0 Å². The molecule has 1 aromatic heterocycles. The largest absolute Gasteiger partial charge is 0.441 e. The first-order valence-corrected chi connectivity index (χ1v) is 8.59. The summed E-state index contributed by atoms with van der Waals surface area (Å²) in [4.78, 5) is 16.9. The molecule has 2 atom stereocenters. The molecule has 1 aliphatic rings. The van der Waals surface area contributed by atoms with Crippen LogP contribution in [0.1, 0.15) is 25.2 Å². The molecule has 3 rings (SSSR count). The zero-order valence-corrected chi connectivity index (χ0v) is 14.3. The Labute approximate surface area is 146 Å². The van der Waals surface area contributed by atoms with Crippen molar-refractivity contribution in [3.63, 3.8) is 0 Å². The van der Waals surface area contributed by atoms with E-state index in [1.54, 1.807) is 18.3 Å². The Morgan fingerprint density at radius 3 is 3.00 bits per heavy atom. The first-order valence-electron chi connectivity index (χ1n) is 8.59. The second-order valence-electron chi connectivity index (χ2n) is 6.70. The number of nitrogens with zero attached hydrogens (tertiary/aromatic N) is 3. The van der Waals surface area contributed by atoms with Crippen molar-refractivity contribution in [2.45, 2.75) is 31.8 Å². The molecule has 0 saturated heterocycles. The fourth-order valence-corrected chi connectivity index (χ4v) is 3.34. The highest BCUT2D eigenvalue weighted by molar-refractivity contribution is 5.60. The molecule has 1 saturated carbocycles. The molecule has 1 heterocycles. The molecule has 1 N–H and O–H groups in total. The van der Waals surface area contributed by atoms with E-state index in [9.17, 15) is 15.2 Å². The minimum atomic E-state index is -0.423. The summed E-state index contributed by atoms with van der Waals surface area (Å²) < 4.78 is 5.74. The molecule has 25 heavy (non-hydrogen) atoms. The summed E-state index contributed by atoms with van der Waals surface area (Å²) in [5, 5.41) is 20.8. The fourth-order valence-electron chi connectivity index (χ4n) is 3.34. The minimum Gasteiger partial charge on any atom is -0.441 e. The highest BCUT2D eigenvalue weighted by Crippen LogP contribution is 2.26. The van der Waals surface area contributed by atoms with Crippen molar-refractivity contribution >= 4 is 5.69 Å². The van der Waals surface area contributed by atoms with E-state index in [2.05, 4.69) is 9.88 Å². The van der Waals surface area contributed by atoms with E-state index < -0.39 is 4.92 Å². The topological polar surface area (TPSA) is 92.6 Å². The summed E-state index contributed by atoms with van der Waals surface area (Å²) in [6, 6.07) is 6.34. The lowest BCUT2D eigenvalue weighted by molar-refractivity contribution is -0.384. The number of nitro benzene ring substituents is 1. The maximum atomic E-state index is 10.9. The molecule has 0 aliphatic heterocycles. The van der Waals surface area contributed by atoms with Crippen molar-refractivity contribution in [1.82, 2.24) is 9.88 Å². The first kappa shape index (κ1) is 17.6. The number of oxazole rings is 1. The van der Waals surface area contributed by atoms with E-state index in [0.29, 0.717) is 29.6 Å². The molecule has 2 unspecified atom stereocenters. The van der Waals surface area contributed by atoms with Gasteiger partial charge >= 0.3 is 0 Å². The minimum absolute atomic E-state index is 0.0327. The molecular formula is C18H23N3O4. The number of hydrogen-bond donors (Lipinski definition) is 1. The lowest BCUT2D eigenvalue weighted by Gasteiger charge is -2.22. The number of non-ortho nitro benzene ring substituents is 1. The SMILES string of the molecule is CN(CCc1ncc(-c2cccc([N+](=O)[O-])c2)o1)CC1CCCC1O. The number of aliphatic hydroxyl groups excluding tert-OH is 1. The van der Waals surface area contributed by atoms with Crippen molar-refractivity contribution in [2.75, 3.05) is 20.1 Å². The van der Waals surface area contributed by atoms with Crippen LogP contribution in [0.25, 0.3) is 11.3 Å². The van der Waals surface area contributed by atoms with Crippen molar-refractivity contribution < 1.29 is 14.4 Å². The van der Waals surface area contributed by atoms with Crippen LogP contribution >= 0.6 is 0 Å². The highest BCUT2D eigenvalue weighted by atomic mass is 16.6. The Morgan fingerprint density at radius 1 is 1.44 bits per heavy atom. The Morgan fingerprint density at radius 2 is 2.28 bits per heavy atom. The predicted molar refractivity (Wildman–Crippen MR) is 93.1 cm³/mol. The van der Waals surface area contributed by atoms with Crippen LogP contribution in [0.5, 0.6) is 0 Å². The van der Waals surface area contributed by atoms with Gasteiger partial charge in [0.2, 0.25) is 0 Å². The molecule has 1 fully saturated rings. The molecule has 0 amide bonds. The first-order chi connectivity index (χ1) is 12.0. The Hall–Kier alpha value is -2.25. The third-order valence-electron chi connectivity index (χ3n) is 4.77. The van der Waals surface area contributed by atoms with Gasteiger partial charge in [-0.15, -0.1) is 0 Å². The average Bonchev–Trinajstić information content (AvgIpc) is 3.23. The third-order valence-corrected chi connectivity index (χ3v) is 4.77. The standard InChI is InChI=1S/C18H23N3O4/c1-20(12-14-5-3-7-16(14)22)9-8-18-19-11-17(25-18)13-4-2-6-15(10-13)21(23)24/h2,4,6,10-11,14,16,22H,3,5,7-9,12H2,1H3. The zero-order valence-electron chi connectivity index (χ0n) is 14.3. The Kier molecular flexibility index (Phi) is 5.45. The summed E-state index contributed by atoms with van der Waals surface area (Å²) in [5.41, 5.74) is 0.681. The van der Waals surface area contributed by atoms with Crippen LogP contribution in [0.3, 0.4) is 0 Å². The van der Waals surface area contributed by atoms with Crippen LogP contribution in [-0.2, 0) is 6.42 Å². The number of likely N-dealkylation sites (N-methyl/N-ethyl adjacent to an activating group) is 1. The number of benzene rings is 1. The number of aliphatic hydroxyl groups is 1. The van der Waals surface area contributed by atoms with Gasteiger partial charge in [0.1, 0.15) is 0 Å². The second kappa shape index (κ2) is 7.76. The van der Waals surface area contributed by atoms with Gasteiger partial charge in [-0.25, -0.2) is 4.98 Å². The second-order valence-corrected chi connectivity index (χ2v) is 6.70. The van der Waals surface area contributed by atoms with Gasteiger partial charge in [0.15, 0.2) is 11.7 Å². The van der Waals surface area contributed by atoms with E-state index in [1.165, 1.54) is 12.1 Å². The molecule has 7 nitrogen and oxygen atoms in total. The summed E-state index contributed by atoms with van der Waals surface area (Å²) in [6.45, 7) is 1.66. The normalized spacial score (nSPS) is 20.3. The Balaban J connectivity index is 1.56. The van der Waals surface area contributed by atoms with Gasteiger partial charge in [-0.05, 0) is 25.8 Å². The number of nitro groups is 1. The van der Waals surface area contributed by atoms with Crippen LogP contribution in [0.2, 0.25) is 0 Å². The molecule has 0 radical (unpaired) electrons. The van der Waals surface area contributed by atoms with Crippen molar-refractivity contribution in [2.24, 2.45) is 5.92 Å². The summed E-state index contributed by atoms with van der Waals surface area (Å²) in [6.07, 6.45) is 5.19. The van der Waals surface area contributed by atoms with E-state index in [1.807, 2.05) is 7.05 Å². The molecule has 0 spiro atoms. The molecular weight excluding hydrogens is 322 g/mol. The summed E-state index contributed by atoms with van der Waals surface area (Å²) in [7, 11) is 2.04. The van der Waals surface area contributed by atoms with Gasteiger partial charge in [-0.3, -0.25) is 10.1 Å². The lowest BCUT2D eigenvalue weighted by Crippen LogP contribution is -2.31. The molecule has 0 bridgehead atoms. The van der Waals surface area contributed by atoms with Crippen molar-refractivity contribution in [1.29, 1.82) is 0 Å². The zero-order chi connectivity index (χ0) is 17.8. The van der Waals surface area contributed by atoms with Gasteiger partial charge < -0.3 is 14.4 Å². The monoisotopic (exact) mass is 345 g/mol. The van der Waals surface area contributed by atoms with Crippen LogP contribution in [0.15, 0.2) is 34.9 Å². The van der Waals surface area contributed by atoms with E-state index >= 15 is 0 Å². The quantitative estimate of drug-likeness (QED) is 0.613. The molecule has 1 aromatic carbocycles. The molecule has 1 aliphatic carbocycles. The third kappa shape index (κ3) is 4.43. The maximum Gasteiger partial charge on any atom is 0.270 e. The van der Waals surface area contributed by atoms with Crippen LogP contribution in [-0.4, -0.2) is 46.2 Å². The fraction of sp³-hybridized carbons (Fsp3) is 0.500. The summed E-state index contributed by atoms with van der Waals surface area (Å²) in [5.74, 6) is 1.50. The smallest absolute Gasteiger partial charge is 0.270 e. The molecule has 134 valence electrons. The van der Waals surface area contributed by atoms with Gasteiger partial charge in [0, 0.05) is 37.2 Å². The predicted octanol–water partition coefficient (Wildman–Crippen LogP) is 2.89. The number of aromatic nitrogens is 1. The van der Waals surface area contributed by atoms with Crippen LogP contribution in [0.4, 0.5) is 5.69 Å². The molecule has 7 heteroatoms. The van der Waals surface area contributed by atoms with Gasteiger partial charge in [-0.2, -0.15) is 0 Å². The van der Waals surface area contributed by atoms with E-state index in [0.717, 1.165) is 32.4 Å². The lowest BCUT2D eigenvalue weighted by atomic mass is 10.1. The molecule has 2 aromatic rings. The average molecular weight is 345 g/mol. The maximum absolute atomic E-state index is 10.9. The van der Waals surface area contributed by atoms with Gasteiger partial charge in [-0.1, -0.05) is 18.6 Å². The van der Waals surface area contributed by atoms with Crippen molar-refractivity contribution in [3.05, 3.63) is 46.5 Å². The van der Waals surface area contributed by atoms with Gasteiger partial charge in [0.25, 0.3) is 5.69 Å².